The number of amidine groups is 1. The molecule has 0 saturated carbocycles. The lowest BCUT2D eigenvalue weighted by Gasteiger charge is -2.33. The van der Waals surface area contributed by atoms with Crippen LogP contribution in [-0.4, -0.2) is 24.8 Å². The first kappa shape index (κ1) is 11.9. The third-order valence-corrected chi connectivity index (χ3v) is 5.27. The highest BCUT2D eigenvalue weighted by Gasteiger charge is 2.36. The zero-order chi connectivity index (χ0) is 12.7. The summed E-state index contributed by atoms with van der Waals surface area (Å²) in [6, 6.07) is 2.22. The minimum atomic E-state index is 0.126. The van der Waals surface area contributed by atoms with Crippen molar-refractivity contribution < 1.29 is 0 Å². The number of nitrogens with zero attached hydrogens (tertiary/aromatic N) is 2. The van der Waals surface area contributed by atoms with Crippen molar-refractivity contribution in [3.05, 3.63) is 18.0 Å². The van der Waals surface area contributed by atoms with Crippen molar-refractivity contribution in [2.24, 2.45) is 4.99 Å². The van der Waals surface area contributed by atoms with Gasteiger partial charge in [0, 0.05) is 18.9 Å². The molecule has 6 heteroatoms. The summed E-state index contributed by atoms with van der Waals surface area (Å²) in [5.74, 6) is 2.08. The number of thioether (sulfide) groups is 1. The first-order valence-electron chi connectivity index (χ1n) is 5.97. The van der Waals surface area contributed by atoms with E-state index in [0.717, 1.165) is 11.6 Å². The van der Waals surface area contributed by atoms with E-state index < -0.39 is 0 Å². The van der Waals surface area contributed by atoms with E-state index in [4.69, 9.17) is 0 Å². The summed E-state index contributed by atoms with van der Waals surface area (Å²) in [6.45, 7) is 4.31. The molecule has 1 aromatic rings. The van der Waals surface area contributed by atoms with Gasteiger partial charge in [0.1, 0.15) is 10.8 Å². The van der Waals surface area contributed by atoms with E-state index in [2.05, 4.69) is 46.6 Å². The molecule has 18 heavy (non-hydrogen) atoms. The zero-order valence-electron chi connectivity index (χ0n) is 10.7. The summed E-state index contributed by atoms with van der Waals surface area (Å²) in [6.07, 6.45) is 2.18. The summed E-state index contributed by atoms with van der Waals surface area (Å²) in [5, 5.41) is 8.07. The predicted molar refractivity (Wildman–Crippen MR) is 80.9 cm³/mol. The maximum Gasteiger partial charge on any atom is 0.163 e. The second-order valence-corrected chi connectivity index (χ2v) is 6.77. The van der Waals surface area contributed by atoms with E-state index >= 15 is 0 Å². The number of hydrogen-bond acceptors (Lipinski definition) is 5. The Morgan fingerprint density at radius 2 is 2.39 bits per heavy atom. The molecular weight excluding hydrogens is 264 g/mol. The third-order valence-electron chi connectivity index (χ3n) is 3.05. The van der Waals surface area contributed by atoms with Gasteiger partial charge in [-0.1, -0.05) is 6.92 Å². The van der Waals surface area contributed by atoms with Gasteiger partial charge in [-0.25, -0.2) is 0 Å². The first-order chi connectivity index (χ1) is 8.74. The fourth-order valence-electron chi connectivity index (χ4n) is 2.25. The summed E-state index contributed by atoms with van der Waals surface area (Å²) in [7, 11) is 1.83. The molecule has 2 aliphatic rings. The van der Waals surface area contributed by atoms with Crippen molar-refractivity contribution in [3.8, 4) is 0 Å². The molecule has 4 nitrogen and oxygen atoms in total. The van der Waals surface area contributed by atoms with E-state index in [1.54, 1.807) is 0 Å². The highest BCUT2D eigenvalue weighted by atomic mass is 32.2. The van der Waals surface area contributed by atoms with Gasteiger partial charge in [0.25, 0.3) is 0 Å². The Hall–Kier alpha value is -1.14. The van der Waals surface area contributed by atoms with Gasteiger partial charge in [-0.15, -0.1) is 23.1 Å². The van der Waals surface area contributed by atoms with Crippen LogP contribution in [0.1, 0.15) is 13.8 Å². The Kier molecular flexibility index (Phi) is 2.99. The van der Waals surface area contributed by atoms with Gasteiger partial charge in [0.05, 0.1) is 9.90 Å². The van der Waals surface area contributed by atoms with Crippen molar-refractivity contribution in [2.45, 2.75) is 24.2 Å². The molecule has 1 atom stereocenters. The molecule has 1 unspecified atom stereocenters. The molecule has 0 radical (unpaired) electrons. The molecule has 1 aromatic heterocycles. The van der Waals surface area contributed by atoms with Crippen molar-refractivity contribution >= 4 is 39.6 Å². The monoisotopic (exact) mass is 280 g/mol. The molecular formula is C12H16N4S2. The van der Waals surface area contributed by atoms with Gasteiger partial charge < -0.3 is 15.5 Å². The number of allylic oxidation sites excluding steroid dienone is 1. The van der Waals surface area contributed by atoms with Crippen LogP contribution in [0.25, 0.3) is 0 Å². The molecule has 0 spiro atoms. The molecule has 0 aliphatic carbocycles. The topological polar surface area (TPSA) is 39.7 Å². The SMILES string of the molecule is CCSc1cc2c(s1)N1C(C)=CNC1C(=NC)N2. The lowest BCUT2D eigenvalue weighted by atomic mass is 10.2. The van der Waals surface area contributed by atoms with E-state index in [1.807, 2.05) is 30.1 Å². The maximum atomic E-state index is 4.34. The van der Waals surface area contributed by atoms with E-state index in [-0.39, 0.29) is 6.17 Å². The van der Waals surface area contributed by atoms with E-state index in [9.17, 15) is 0 Å². The summed E-state index contributed by atoms with van der Waals surface area (Å²) in [5.41, 5.74) is 2.41. The molecule has 3 heterocycles. The van der Waals surface area contributed by atoms with Crippen LogP contribution in [0.15, 0.2) is 27.2 Å². The van der Waals surface area contributed by atoms with Crippen LogP contribution in [0.4, 0.5) is 10.7 Å². The molecule has 0 bridgehead atoms. The van der Waals surface area contributed by atoms with Crippen molar-refractivity contribution in [1.82, 2.24) is 5.32 Å². The highest BCUT2D eigenvalue weighted by molar-refractivity contribution is 8.01. The summed E-state index contributed by atoms with van der Waals surface area (Å²) >= 11 is 3.73. The average molecular weight is 280 g/mol. The largest absolute Gasteiger partial charge is 0.363 e. The minimum absolute atomic E-state index is 0.126. The standard InChI is InChI=1S/C12H16N4S2/c1-4-17-9-5-8-12(18-9)16-7(2)6-14-11(16)10(13-3)15-8/h5-6,11,14H,4H2,1-3H3,(H,13,15). The first-order valence-corrected chi connectivity index (χ1v) is 7.77. The highest BCUT2D eigenvalue weighted by Crippen LogP contribution is 2.45. The average Bonchev–Trinajstić information content (AvgIpc) is 2.92. The summed E-state index contributed by atoms with van der Waals surface area (Å²) < 4.78 is 1.35. The Balaban J connectivity index is 2.05. The molecule has 0 aromatic carbocycles. The number of nitrogens with one attached hydrogen (secondary N) is 2. The normalized spacial score (nSPS) is 23.3. The lowest BCUT2D eigenvalue weighted by molar-refractivity contribution is 0.771. The van der Waals surface area contributed by atoms with Crippen molar-refractivity contribution in [3.63, 3.8) is 0 Å². The molecule has 2 aliphatic heterocycles. The number of hydrogen-bond donors (Lipinski definition) is 2. The van der Waals surface area contributed by atoms with E-state index in [0.29, 0.717) is 0 Å². The van der Waals surface area contributed by atoms with Crippen LogP contribution in [0, 0.1) is 0 Å². The molecule has 0 fully saturated rings. The zero-order valence-corrected chi connectivity index (χ0v) is 12.3. The lowest BCUT2D eigenvalue weighted by Crippen LogP contribution is -2.49. The Bertz CT molecular complexity index is 532. The van der Waals surface area contributed by atoms with Crippen LogP contribution < -0.4 is 15.5 Å². The number of aliphatic imine (C=N–C) groups is 1. The van der Waals surface area contributed by atoms with Gasteiger partial charge in [-0.3, -0.25) is 4.99 Å². The quantitative estimate of drug-likeness (QED) is 0.817. The van der Waals surface area contributed by atoms with Crippen molar-refractivity contribution in [2.75, 3.05) is 23.0 Å². The molecule has 2 N–H and O–H groups in total. The summed E-state index contributed by atoms with van der Waals surface area (Å²) in [4.78, 5) is 6.66. The van der Waals surface area contributed by atoms with Crippen LogP contribution in [-0.2, 0) is 0 Å². The van der Waals surface area contributed by atoms with E-state index in [1.165, 1.54) is 20.6 Å². The van der Waals surface area contributed by atoms with Gasteiger partial charge in [0.2, 0.25) is 0 Å². The van der Waals surface area contributed by atoms with Crippen LogP contribution in [0.2, 0.25) is 0 Å². The second-order valence-electron chi connectivity index (χ2n) is 4.18. The van der Waals surface area contributed by atoms with Gasteiger partial charge >= 0.3 is 0 Å². The Morgan fingerprint density at radius 1 is 1.56 bits per heavy atom. The second kappa shape index (κ2) is 4.51. The molecule has 3 rings (SSSR count). The third kappa shape index (κ3) is 1.71. The van der Waals surface area contributed by atoms with Crippen LogP contribution >= 0.6 is 23.1 Å². The minimum Gasteiger partial charge on any atom is -0.363 e. The van der Waals surface area contributed by atoms with Crippen molar-refractivity contribution in [1.29, 1.82) is 0 Å². The Labute approximate surface area is 115 Å². The maximum absolute atomic E-state index is 4.34. The fraction of sp³-hybridized carbons (Fsp3) is 0.417. The molecule has 0 saturated heterocycles. The van der Waals surface area contributed by atoms with Gasteiger partial charge in [0.15, 0.2) is 6.17 Å². The fourth-order valence-corrected chi connectivity index (χ4v) is 4.50. The predicted octanol–water partition coefficient (Wildman–Crippen LogP) is 2.91. The Morgan fingerprint density at radius 3 is 3.11 bits per heavy atom. The molecule has 0 amide bonds. The van der Waals surface area contributed by atoms with Crippen LogP contribution in [0.5, 0.6) is 0 Å². The smallest absolute Gasteiger partial charge is 0.163 e. The van der Waals surface area contributed by atoms with Gasteiger partial charge in [-0.2, -0.15) is 0 Å². The number of thiophene rings is 1. The van der Waals surface area contributed by atoms with Gasteiger partial charge in [-0.05, 0) is 18.7 Å². The number of anilines is 2. The number of rotatable bonds is 2. The van der Waals surface area contributed by atoms with Crippen LogP contribution in [0.3, 0.4) is 0 Å². The molecule has 96 valence electrons. The number of fused-ring (bicyclic) bond motifs is 3.